The largest absolute Gasteiger partial charge is 0.497 e. The van der Waals surface area contributed by atoms with Crippen LogP contribution in [-0.2, 0) is 0 Å². The second-order valence-corrected chi connectivity index (χ2v) is 8.04. The molecule has 0 aliphatic carbocycles. The summed E-state index contributed by atoms with van der Waals surface area (Å²) in [5, 5.41) is 7.05. The molecule has 0 bridgehead atoms. The lowest BCUT2D eigenvalue weighted by molar-refractivity contribution is 0.0915. The molecule has 1 N–H and O–H groups in total. The summed E-state index contributed by atoms with van der Waals surface area (Å²) in [7, 11) is 1.67. The highest BCUT2D eigenvalue weighted by Gasteiger charge is 2.24. The van der Waals surface area contributed by atoms with Crippen molar-refractivity contribution in [2.45, 2.75) is 32.2 Å². The van der Waals surface area contributed by atoms with Gasteiger partial charge in [-0.05, 0) is 50.6 Å². The molecule has 1 atom stereocenters. The molecule has 1 aromatic heterocycles. The van der Waals surface area contributed by atoms with Gasteiger partial charge in [0.05, 0.1) is 13.2 Å². The van der Waals surface area contributed by atoms with E-state index < -0.39 is 0 Å². The first-order valence-electron chi connectivity index (χ1n) is 10.8. The van der Waals surface area contributed by atoms with Crippen molar-refractivity contribution in [3.63, 3.8) is 0 Å². The van der Waals surface area contributed by atoms with Crippen molar-refractivity contribution >= 4 is 5.91 Å². The lowest BCUT2D eigenvalue weighted by Crippen LogP contribution is -2.40. The monoisotopic (exact) mass is 419 g/mol. The second kappa shape index (κ2) is 9.79. The first kappa shape index (κ1) is 21.1. The summed E-state index contributed by atoms with van der Waals surface area (Å²) in [4.78, 5) is 15.2. The number of ether oxygens (including phenoxy) is 1. The molecule has 6 heteroatoms. The van der Waals surface area contributed by atoms with E-state index in [1.807, 2.05) is 43.3 Å². The summed E-state index contributed by atoms with van der Waals surface area (Å²) in [6, 6.07) is 17.9. The molecule has 0 spiro atoms. The zero-order chi connectivity index (χ0) is 21.6. The van der Waals surface area contributed by atoms with Gasteiger partial charge in [-0.2, -0.15) is 0 Å². The van der Waals surface area contributed by atoms with Crippen LogP contribution in [0.4, 0.5) is 0 Å². The molecule has 2 aromatic carbocycles. The third-order valence-corrected chi connectivity index (χ3v) is 5.87. The van der Waals surface area contributed by atoms with Crippen LogP contribution in [0.25, 0.3) is 11.3 Å². The van der Waals surface area contributed by atoms with E-state index >= 15 is 0 Å². The quantitative estimate of drug-likeness (QED) is 0.605. The number of amides is 1. The highest BCUT2D eigenvalue weighted by atomic mass is 16.5. The maximum absolute atomic E-state index is 12.8. The molecule has 1 fully saturated rings. The molecule has 1 aliphatic heterocycles. The van der Waals surface area contributed by atoms with Crippen molar-refractivity contribution in [2.75, 3.05) is 26.7 Å². The molecular formula is C25H29N3O3. The van der Waals surface area contributed by atoms with Gasteiger partial charge in [-0.15, -0.1) is 0 Å². The maximum atomic E-state index is 12.8. The first-order chi connectivity index (χ1) is 15.1. The minimum atomic E-state index is -0.224. The average Bonchev–Trinajstić information content (AvgIpc) is 3.31. The fourth-order valence-corrected chi connectivity index (χ4v) is 4.03. The molecule has 4 rings (SSSR count). The molecule has 2 heterocycles. The van der Waals surface area contributed by atoms with Crippen LogP contribution < -0.4 is 10.1 Å². The number of rotatable bonds is 7. The number of hydrogen-bond donors (Lipinski definition) is 1. The fraction of sp³-hybridized carbons (Fsp3) is 0.360. The predicted molar refractivity (Wildman–Crippen MR) is 120 cm³/mol. The number of aryl methyl sites for hydroxylation is 1. The Morgan fingerprint density at radius 3 is 2.48 bits per heavy atom. The zero-order valence-electron chi connectivity index (χ0n) is 18.1. The summed E-state index contributed by atoms with van der Waals surface area (Å²) in [6.07, 6.45) is 3.63. The fourth-order valence-electron chi connectivity index (χ4n) is 4.03. The van der Waals surface area contributed by atoms with Crippen molar-refractivity contribution in [1.82, 2.24) is 15.4 Å². The highest BCUT2D eigenvalue weighted by molar-refractivity contribution is 5.93. The van der Waals surface area contributed by atoms with Crippen LogP contribution in [-0.4, -0.2) is 42.7 Å². The minimum Gasteiger partial charge on any atom is -0.497 e. The van der Waals surface area contributed by atoms with Gasteiger partial charge in [-0.25, -0.2) is 0 Å². The Balaban J connectivity index is 1.46. The lowest BCUT2D eigenvalue weighted by Gasteiger charge is -2.35. The molecule has 1 aliphatic rings. The van der Waals surface area contributed by atoms with Gasteiger partial charge in [0.2, 0.25) is 0 Å². The number of nitrogens with zero attached hydrogens (tertiary/aromatic N) is 2. The Morgan fingerprint density at radius 2 is 1.81 bits per heavy atom. The molecule has 6 nitrogen and oxygen atoms in total. The van der Waals surface area contributed by atoms with Crippen LogP contribution in [0.2, 0.25) is 0 Å². The SMILES string of the molecule is COc1ccc([C@H](CNC(=O)c2cc(-c3ccc(C)cc3)on2)N2CCCCC2)cc1. The van der Waals surface area contributed by atoms with Gasteiger partial charge in [0.25, 0.3) is 5.91 Å². The summed E-state index contributed by atoms with van der Waals surface area (Å²) in [5.74, 6) is 1.20. The molecule has 1 amide bonds. The summed E-state index contributed by atoms with van der Waals surface area (Å²) < 4.78 is 10.7. The van der Waals surface area contributed by atoms with Crippen LogP contribution in [0.1, 0.15) is 46.9 Å². The average molecular weight is 420 g/mol. The topological polar surface area (TPSA) is 67.6 Å². The third kappa shape index (κ3) is 5.14. The summed E-state index contributed by atoms with van der Waals surface area (Å²) >= 11 is 0. The third-order valence-electron chi connectivity index (χ3n) is 5.87. The number of methoxy groups -OCH3 is 1. The van der Waals surface area contributed by atoms with Gasteiger partial charge in [0.15, 0.2) is 11.5 Å². The van der Waals surface area contributed by atoms with E-state index in [0.717, 1.165) is 24.4 Å². The number of benzene rings is 2. The molecule has 3 aromatic rings. The van der Waals surface area contributed by atoms with Gasteiger partial charge in [0, 0.05) is 18.2 Å². The van der Waals surface area contributed by atoms with Crippen LogP contribution in [0.3, 0.4) is 0 Å². The van der Waals surface area contributed by atoms with Gasteiger partial charge >= 0.3 is 0 Å². The van der Waals surface area contributed by atoms with E-state index in [1.54, 1.807) is 13.2 Å². The molecule has 0 unspecified atom stereocenters. The van der Waals surface area contributed by atoms with Crippen LogP contribution in [0.15, 0.2) is 59.1 Å². The first-order valence-corrected chi connectivity index (χ1v) is 10.8. The van der Waals surface area contributed by atoms with Crippen LogP contribution >= 0.6 is 0 Å². The van der Waals surface area contributed by atoms with E-state index in [2.05, 4.69) is 27.5 Å². The van der Waals surface area contributed by atoms with Crippen molar-refractivity contribution in [2.24, 2.45) is 0 Å². The van der Waals surface area contributed by atoms with Gasteiger partial charge in [0.1, 0.15) is 5.75 Å². The molecule has 162 valence electrons. The molecule has 1 saturated heterocycles. The Kier molecular flexibility index (Phi) is 6.67. The Morgan fingerprint density at radius 1 is 1.10 bits per heavy atom. The van der Waals surface area contributed by atoms with Crippen molar-refractivity contribution in [3.8, 4) is 17.1 Å². The van der Waals surface area contributed by atoms with Crippen molar-refractivity contribution in [1.29, 1.82) is 0 Å². The highest BCUT2D eigenvalue weighted by Crippen LogP contribution is 2.26. The Labute approximate surface area is 183 Å². The number of likely N-dealkylation sites (tertiary alicyclic amines) is 1. The predicted octanol–water partition coefficient (Wildman–Crippen LogP) is 4.62. The number of hydrogen-bond acceptors (Lipinski definition) is 5. The van der Waals surface area contributed by atoms with E-state index in [1.165, 1.54) is 30.4 Å². The zero-order valence-corrected chi connectivity index (χ0v) is 18.1. The maximum Gasteiger partial charge on any atom is 0.273 e. The van der Waals surface area contributed by atoms with Crippen LogP contribution in [0.5, 0.6) is 5.75 Å². The Bertz CT molecular complexity index is 990. The number of aromatic nitrogens is 1. The normalized spacial score (nSPS) is 15.4. The van der Waals surface area contributed by atoms with E-state index in [9.17, 15) is 4.79 Å². The van der Waals surface area contributed by atoms with Gasteiger partial charge in [-0.3, -0.25) is 9.69 Å². The van der Waals surface area contributed by atoms with Crippen molar-refractivity contribution < 1.29 is 14.1 Å². The number of nitrogens with one attached hydrogen (secondary N) is 1. The van der Waals surface area contributed by atoms with E-state index in [0.29, 0.717) is 18.0 Å². The van der Waals surface area contributed by atoms with Crippen molar-refractivity contribution in [3.05, 3.63) is 71.4 Å². The summed E-state index contributed by atoms with van der Waals surface area (Å²) in [6.45, 7) is 4.62. The van der Waals surface area contributed by atoms with E-state index in [-0.39, 0.29) is 11.9 Å². The smallest absolute Gasteiger partial charge is 0.273 e. The number of piperidine rings is 1. The van der Waals surface area contributed by atoms with E-state index in [4.69, 9.17) is 9.26 Å². The number of carbonyl (C=O) groups excluding carboxylic acids is 1. The van der Waals surface area contributed by atoms with Crippen LogP contribution in [0, 0.1) is 6.92 Å². The minimum absolute atomic E-state index is 0.110. The lowest BCUT2D eigenvalue weighted by atomic mass is 10.0. The second-order valence-electron chi connectivity index (χ2n) is 8.04. The van der Waals surface area contributed by atoms with Gasteiger partial charge < -0.3 is 14.6 Å². The Hall–Kier alpha value is -3.12. The van der Waals surface area contributed by atoms with Gasteiger partial charge in [-0.1, -0.05) is 53.5 Å². The molecule has 31 heavy (non-hydrogen) atoms. The molecule has 0 radical (unpaired) electrons. The standard InChI is InChI=1S/C25H29N3O3/c1-18-6-8-20(9-7-18)24-16-22(27-31-24)25(29)26-17-23(28-14-4-3-5-15-28)19-10-12-21(30-2)13-11-19/h6-13,16,23H,3-5,14-15,17H2,1-2H3,(H,26,29)/t23-/m0/s1. The number of carbonyl (C=O) groups is 1. The summed E-state index contributed by atoms with van der Waals surface area (Å²) in [5.41, 5.74) is 3.54. The molecule has 0 saturated carbocycles. The molecular weight excluding hydrogens is 390 g/mol.